The van der Waals surface area contributed by atoms with Crippen LogP contribution in [-0.4, -0.2) is 41.8 Å². The van der Waals surface area contributed by atoms with Gasteiger partial charge >= 0.3 is 0 Å². The fraction of sp³-hybridized carbons (Fsp3) is 0.625. The molecular formula is C16H25NO2. The first-order valence-electron chi connectivity index (χ1n) is 7.32. The van der Waals surface area contributed by atoms with E-state index in [0.29, 0.717) is 17.9 Å². The number of aromatic hydroxyl groups is 1. The molecule has 0 spiro atoms. The van der Waals surface area contributed by atoms with Crippen LogP contribution in [0.1, 0.15) is 32.3 Å². The number of phenols is 1. The third-order valence-electron chi connectivity index (χ3n) is 3.97. The quantitative estimate of drug-likeness (QED) is 0.886. The molecule has 0 saturated carbocycles. The zero-order valence-electron chi connectivity index (χ0n) is 12.0. The average molecular weight is 263 g/mol. The van der Waals surface area contributed by atoms with Gasteiger partial charge in [-0.15, -0.1) is 0 Å². The summed E-state index contributed by atoms with van der Waals surface area (Å²) in [4.78, 5) is 2.54. The SMILES string of the molecule is CCOC1CCN(C(C)Cc2ccc(O)cc2)CC1. The largest absolute Gasteiger partial charge is 0.508 e. The Morgan fingerprint density at radius 2 is 1.89 bits per heavy atom. The fourth-order valence-electron chi connectivity index (χ4n) is 2.82. The summed E-state index contributed by atoms with van der Waals surface area (Å²) in [5.74, 6) is 0.342. The predicted octanol–water partition coefficient (Wildman–Crippen LogP) is 2.82. The standard InChI is InChI=1S/C16H25NO2/c1-3-19-16-8-10-17(11-9-16)13(2)12-14-4-6-15(18)7-5-14/h4-7,13,16,18H,3,8-12H2,1-2H3. The number of phenolic OH excluding ortho intramolecular Hbond substituents is 1. The zero-order valence-corrected chi connectivity index (χ0v) is 12.0. The van der Waals surface area contributed by atoms with Crippen molar-refractivity contribution in [3.63, 3.8) is 0 Å². The third-order valence-corrected chi connectivity index (χ3v) is 3.97. The van der Waals surface area contributed by atoms with Crippen LogP contribution in [0, 0.1) is 0 Å². The Morgan fingerprint density at radius 1 is 1.26 bits per heavy atom. The van der Waals surface area contributed by atoms with Crippen molar-refractivity contribution in [1.82, 2.24) is 4.90 Å². The van der Waals surface area contributed by atoms with Crippen LogP contribution in [-0.2, 0) is 11.2 Å². The second kappa shape index (κ2) is 6.92. The van der Waals surface area contributed by atoms with Crippen molar-refractivity contribution in [2.45, 2.75) is 45.3 Å². The highest BCUT2D eigenvalue weighted by atomic mass is 16.5. The smallest absolute Gasteiger partial charge is 0.115 e. The van der Waals surface area contributed by atoms with Crippen molar-refractivity contribution in [1.29, 1.82) is 0 Å². The molecule has 106 valence electrons. The van der Waals surface area contributed by atoms with Crippen LogP contribution >= 0.6 is 0 Å². The number of ether oxygens (including phenoxy) is 1. The lowest BCUT2D eigenvalue weighted by Gasteiger charge is -2.36. The van der Waals surface area contributed by atoms with E-state index in [9.17, 15) is 5.11 Å². The first-order valence-corrected chi connectivity index (χ1v) is 7.32. The van der Waals surface area contributed by atoms with Crippen LogP contribution in [0.3, 0.4) is 0 Å². The molecule has 0 radical (unpaired) electrons. The van der Waals surface area contributed by atoms with Gasteiger partial charge in [-0.25, -0.2) is 0 Å². The minimum Gasteiger partial charge on any atom is -0.508 e. The Bertz CT molecular complexity index is 369. The molecule has 1 heterocycles. The van der Waals surface area contributed by atoms with E-state index in [-0.39, 0.29) is 0 Å². The third kappa shape index (κ3) is 4.22. The van der Waals surface area contributed by atoms with Gasteiger partial charge in [0.2, 0.25) is 0 Å². The summed E-state index contributed by atoms with van der Waals surface area (Å²) < 4.78 is 5.69. The summed E-state index contributed by atoms with van der Waals surface area (Å²) in [5, 5.41) is 9.29. The van der Waals surface area contributed by atoms with Crippen molar-refractivity contribution < 1.29 is 9.84 Å². The first kappa shape index (κ1) is 14.4. The number of hydrogen-bond acceptors (Lipinski definition) is 3. The summed E-state index contributed by atoms with van der Waals surface area (Å²) in [6.07, 6.45) is 3.79. The molecule has 1 aromatic rings. The van der Waals surface area contributed by atoms with Gasteiger partial charge in [0.25, 0.3) is 0 Å². The molecule has 1 atom stereocenters. The average Bonchev–Trinajstić information content (AvgIpc) is 2.42. The number of likely N-dealkylation sites (tertiary alicyclic amines) is 1. The van der Waals surface area contributed by atoms with Crippen LogP contribution in [0.25, 0.3) is 0 Å². The number of hydrogen-bond donors (Lipinski definition) is 1. The van der Waals surface area contributed by atoms with Crippen LogP contribution < -0.4 is 0 Å². The molecule has 1 N–H and O–H groups in total. The Balaban J connectivity index is 1.81. The van der Waals surface area contributed by atoms with Gasteiger partial charge in [0, 0.05) is 25.7 Å². The molecule has 1 aromatic carbocycles. The van der Waals surface area contributed by atoms with Crippen molar-refractivity contribution in [2.24, 2.45) is 0 Å². The second-order valence-electron chi connectivity index (χ2n) is 5.41. The maximum atomic E-state index is 9.29. The zero-order chi connectivity index (χ0) is 13.7. The topological polar surface area (TPSA) is 32.7 Å². The van der Waals surface area contributed by atoms with Gasteiger partial charge in [0.15, 0.2) is 0 Å². The van der Waals surface area contributed by atoms with Gasteiger partial charge in [0.05, 0.1) is 6.10 Å². The van der Waals surface area contributed by atoms with E-state index in [1.807, 2.05) is 12.1 Å². The fourth-order valence-corrected chi connectivity index (χ4v) is 2.82. The maximum absolute atomic E-state index is 9.29. The highest BCUT2D eigenvalue weighted by Crippen LogP contribution is 2.19. The number of benzene rings is 1. The number of rotatable bonds is 5. The van der Waals surface area contributed by atoms with E-state index in [0.717, 1.165) is 39.0 Å². The predicted molar refractivity (Wildman–Crippen MR) is 77.5 cm³/mol. The molecular weight excluding hydrogens is 238 g/mol. The molecule has 2 rings (SSSR count). The molecule has 1 fully saturated rings. The lowest BCUT2D eigenvalue weighted by Crippen LogP contribution is -2.43. The Hall–Kier alpha value is -1.06. The molecule has 1 aliphatic heterocycles. The van der Waals surface area contributed by atoms with Crippen molar-refractivity contribution in [2.75, 3.05) is 19.7 Å². The van der Waals surface area contributed by atoms with Gasteiger partial charge in [-0.3, -0.25) is 0 Å². The molecule has 0 bridgehead atoms. The summed E-state index contributed by atoms with van der Waals surface area (Å²) in [6, 6.07) is 8.11. The Morgan fingerprint density at radius 3 is 2.47 bits per heavy atom. The molecule has 19 heavy (non-hydrogen) atoms. The summed E-state index contributed by atoms with van der Waals surface area (Å²) in [6.45, 7) is 7.44. The van der Waals surface area contributed by atoms with Gasteiger partial charge in [-0.2, -0.15) is 0 Å². The molecule has 3 nitrogen and oxygen atoms in total. The van der Waals surface area contributed by atoms with Crippen LogP contribution in [0.2, 0.25) is 0 Å². The lowest BCUT2D eigenvalue weighted by atomic mass is 10.0. The van der Waals surface area contributed by atoms with E-state index < -0.39 is 0 Å². The van der Waals surface area contributed by atoms with Crippen molar-refractivity contribution in [3.05, 3.63) is 29.8 Å². The van der Waals surface area contributed by atoms with Crippen LogP contribution in [0.5, 0.6) is 5.75 Å². The van der Waals surface area contributed by atoms with E-state index in [4.69, 9.17) is 4.74 Å². The summed E-state index contributed by atoms with van der Waals surface area (Å²) in [7, 11) is 0. The molecule has 0 aliphatic carbocycles. The minimum absolute atomic E-state index is 0.342. The van der Waals surface area contributed by atoms with Crippen LogP contribution in [0.4, 0.5) is 0 Å². The number of nitrogens with zero attached hydrogens (tertiary/aromatic N) is 1. The van der Waals surface area contributed by atoms with E-state index in [1.54, 1.807) is 12.1 Å². The Kier molecular flexibility index (Phi) is 5.23. The molecule has 0 aromatic heterocycles. The van der Waals surface area contributed by atoms with Crippen molar-refractivity contribution >= 4 is 0 Å². The second-order valence-corrected chi connectivity index (χ2v) is 5.41. The minimum atomic E-state index is 0.342. The van der Waals surface area contributed by atoms with Gasteiger partial charge in [-0.05, 0) is 50.8 Å². The lowest BCUT2D eigenvalue weighted by molar-refractivity contribution is 0.00589. The molecule has 1 aliphatic rings. The van der Waals surface area contributed by atoms with Gasteiger partial charge < -0.3 is 14.7 Å². The maximum Gasteiger partial charge on any atom is 0.115 e. The van der Waals surface area contributed by atoms with Crippen molar-refractivity contribution in [3.8, 4) is 5.75 Å². The van der Waals surface area contributed by atoms with Crippen LogP contribution in [0.15, 0.2) is 24.3 Å². The van der Waals surface area contributed by atoms with Gasteiger partial charge in [0.1, 0.15) is 5.75 Å². The molecule has 1 saturated heterocycles. The normalized spacial score (nSPS) is 19.5. The highest BCUT2D eigenvalue weighted by Gasteiger charge is 2.22. The first-order chi connectivity index (χ1) is 9.19. The molecule has 1 unspecified atom stereocenters. The molecule has 0 amide bonds. The Labute approximate surface area is 116 Å². The van der Waals surface area contributed by atoms with E-state index >= 15 is 0 Å². The summed E-state index contributed by atoms with van der Waals surface area (Å²) in [5.41, 5.74) is 1.29. The summed E-state index contributed by atoms with van der Waals surface area (Å²) >= 11 is 0. The molecule has 3 heteroatoms. The monoisotopic (exact) mass is 263 g/mol. The van der Waals surface area contributed by atoms with Gasteiger partial charge in [-0.1, -0.05) is 12.1 Å². The van der Waals surface area contributed by atoms with E-state index in [1.165, 1.54) is 5.56 Å². The van der Waals surface area contributed by atoms with E-state index in [2.05, 4.69) is 18.7 Å². The number of piperidine rings is 1. The highest BCUT2D eigenvalue weighted by molar-refractivity contribution is 5.26.